The van der Waals surface area contributed by atoms with Gasteiger partial charge in [0, 0.05) is 10.9 Å². The van der Waals surface area contributed by atoms with Gasteiger partial charge in [-0.05, 0) is 56.1 Å². The molecule has 0 saturated heterocycles. The Bertz CT molecular complexity index is 775. The number of fused-ring (bicyclic) bond motifs is 1. The van der Waals surface area contributed by atoms with E-state index in [9.17, 15) is 0 Å². The quantitative estimate of drug-likeness (QED) is 0.672. The minimum absolute atomic E-state index is 1.04. The zero-order valence-corrected chi connectivity index (χ0v) is 14.0. The van der Waals surface area contributed by atoms with Gasteiger partial charge in [0.05, 0.1) is 11.2 Å². The summed E-state index contributed by atoms with van der Waals surface area (Å²) in [6.07, 6.45) is 3.33. The predicted octanol–water partition coefficient (Wildman–Crippen LogP) is 4.62. The number of nitrogens with zero attached hydrogens (tertiary/aromatic N) is 1. The second kappa shape index (κ2) is 7.38. The van der Waals surface area contributed by atoms with Gasteiger partial charge < -0.3 is 5.32 Å². The van der Waals surface area contributed by atoms with Gasteiger partial charge in [-0.2, -0.15) is 0 Å². The van der Waals surface area contributed by atoms with Gasteiger partial charge in [-0.15, -0.1) is 0 Å². The average molecular weight is 304 g/mol. The van der Waals surface area contributed by atoms with Gasteiger partial charge in [0.2, 0.25) is 0 Å². The Morgan fingerprint density at radius 3 is 2.39 bits per heavy atom. The number of nitrogens with one attached hydrogen (secondary N) is 1. The second-order valence-corrected chi connectivity index (χ2v) is 5.98. The van der Waals surface area contributed by atoms with Crippen molar-refractivity contribution in [1.82, 2.24) is 10.3 Å². The first kappa shape index (κ1) is 15.7. The second-order valence-electron chi connectivity index (χ2n) is 5.98. The van der Waals surface area contributed by atoms with E-state index < -0.39 is 0 Å². The van der Waals surface area contributed by atoms with E-state index in [1.165, 1.54) is 28.5 Å². The van der Waals surface area contributed by atoms with Crippen molar-refractivity contribution in [3.8, 4) is 11.3 Å². The molecular formula is C21H24N2. The largest absolute Gasteiger partial charge is 0.320 e. The lowest BCUT2D eigenvalue weighted by Gasteiger charge is -2.06. The summed E-state index contributed by atoms with van der Waals surface area (Å²) in [4.78, 5) is 4.85. The Morgan fingerprint density at radius 1 is 0.913 bits per heavy atom. The molecule has 0 spiro atoms. The molecule has 1 heterocycles. The predicted molar refractivity (Wildman–Crippen MR) is 98.8 cm³/mol. The summed E-state index contributed by atoms with van der Waals surface area (Å²) in [6.45, 7) is 3.24. The molecule has 3 rings (SSSR count). The Labute approximate surface area is 138 Å². The highest BCUT2D eigenvalue weighted by atomic mass is 14.8. The van der Waals surface area contributed by atoms with E-state index >= 15 is 0 Å². The van der Waals surface area contributed by atoms with Gasteiger partial charge in [0.15, 0.2) is 0 Å². The highest BCUT2D eigenvalue weighted by Gasteiger charge is 2.03. The van der Waals surface area contributed by atoms with Crippen molar-refractivity contribution in [3.05, 3.63) is 65.7 Å². The zero-order chi connectivity index (χ0) is 16.1. The van der Waals surface area contributed by atoms with E-state index in [-0.39, 0.29) is 0 Å². The molecule has 0 atom stereocenters. The molecule has 118 valence electrons. The first-order valence-corrected chi connectivity index (χ1v) is 8.44. The average Bonchev–Trinajstić information content (AvgIpc) is 2.61. The summed E-state index contributed by atoms with van der Waals surface area (Å²) in [5.41, 5.74) is 6.04. The number of benzene rings is 2. The van der Waals surface area contributed by atoms with E-state index in [2.05, 4.69) is 66.8 Å². The molecular weight excluding hydrogens is 280 g/mol. The van der Waals surface area contributed by atoms with E-state index in [1.807, 2.05) is 7.05 Å². The number of hydrogen-bond donors (Lipinski definition) is 1. The fourth-order valence-corrected chi connectivity index (χ4v) is 2.85. The summed E-state index contributed by atoms with van der Waals surface area (Å²) in [7, 11) is 2.00. The van der Waals surface area contributed by atoms with Crippen molar-refractivity contribution in [1.29, 1.82) is 0 Å². The molecule has 0 unspecified atom stereocenters. The summed E-state index contributed by atoms with van der Waals surface area (Å²) < 4.78 is 0. The lowest BCUT2D eigenvalue weighted by Crippen LogP contribution is -2.08. The monoisotopic (exact) mass is 304 g/mol. The van der Waals surface area contributed by atoms with Crippen molar-refractivity contribution < 1.29 is 0 Å². The van der Waals surface area contributed by atoms with E-state index in [1.54, 1.807) is 0 Å². The molecule has 2 aromatic carbocycles. The number of pyridine rings is 1. The highest BCUT2D eigenvalue weighted by Crippen LogP contribution is 2.22. The van der Waals surface area contributed by atoms with Crippen LogP contribution in [-0.2, 0) is 12.8 Å². The number of aryl methyl sites for hydroxylation is 2. The molecule has 3 aromatic rings. The molecule has 0 aliphatic heterocycles. The van der Waals surface area contributed by atoms with Crippen LogP contribution < -0.4 is 5.32 Å². The maximum absolute atomic E-state index is 4.85. The van der Waals surface area contributed by atoms with Gasteiger partial charge in [0.1, 0.15) is 0 Å². The molecule has 1 N–H and O–H groups in total. The summed E-state index contributed by atoms with van der Waals surface area (Å²) in [5.74, 6) is 0. The Morgan fingerprint density at radius 2 is 1.65 bits per heavy atom. The summed E-state index contributed by atoms with van der Waals surface area (Å²) in [5, 5.41) is 4.39. The van der Waals surface area contributed by atoms with Crippen LogP contribution in [-0.4, -0.2) is 18.6 Å². The normalized spacial score (nSPS) is 11.0. The third-order valence-electron chi connectivity index (χ3n) is 4.31. The summed E-state index contributed by atoms with van der Waals surface area (Å²) >= 11 is 0. The number of rotatable bonds is 6. The highest BCUT2D eigenvalue weighted by molar-refractivity contribution is 5.82. The van der Waals surface area contributed by atoms with Crippen LogP contribution in [0.2, 0.25) is 0 Å². The lowest BCUT2D eigenvalue weighted by atomic mass is 10.0. The first-order valence-electron chi connectivity index (χ1n) is 8.44. The van der Waals surface area contributed by atoms with Crippen molar-refractivity contribution in [3.63, 3.8) is 0 Å². The third-order valence-corrected chi connectivity index (χ3v) is 4.31. The molecule has 0 amide bonds. The first-order chi connectivity index (χ1) is 11.3. The van der Waals surface area contributed by atoms with Crippen molar-refractivity contribution in [2.75, 3.05) is 13.6 Å². The van der Waals surface area contributed by atoms with Gasteiger partial charge in [-0.25, -0.2) is 4.98 Å². The van der Waals surface area contributed by atoms with Crippen LogP contribution >= 0.6 is 0 Å². The van der Waals surface area contributed by atoms with Crippen LogP contribution in [0.1, 0.15) is 24.5 Å². The fraction of sp³-hybridized carbons (Fsp3) is 0.286. The maximum atomic E-state index is 4.85. The molecule has 23 heavy (non-hydrogen) atoms. The van der Waals surface area contributed by atoms with Gasteiger partial charge in [-0.3, -0.25) is 0 Å². The SMILES string of the molecule is CCc1ccc2ccc(-c3ccc(CCCNC)cc3)nc2c1. The molecule has 1 aromatic heterocycles. The molecule has 2 nitrogen and oxygen atoms in total. The van der Waals surface area contributed by atoms with Gasteiger partial charge in [-0.1, -0.05) is 49.4 Å². The van der Waals surface area contributed by atoms with E-state index in [0.29, 0.717) is 0 Å². The molecule has 0 aliphatic carbocycles. The Kier molecular flexibility index (Phi) is 5.04. The standard InChI is InChI=1S/C21H24N2/c1-3-16-6-9-19-12-13-20(23-21(19)15-16)18-10-7-17(8-11-18)5-4-14-22-2/h6-13,15,22H,3-5,14H2,1-2H3. The molecule has 2 heteroatoms. The number of hydrogen-bond acceptors (Lipinski definition) is 2. The maximum Gasteiger partial charge on any atom is 0.0712 e. The van der Waals surface area contributed by atoms with Gasteiger partial charge in [0.25, 0.3) is 0 Å². The molecule has 0 saturated carbocycles. The fourth-order valence-electron chi connectivity index (χ4n) is 2.85. The van der Waals surface area contributed by atoms with Crippen molar-refractivity contribution in [2.24, 2.45) is 0 Å². The Balaban J connectivity index is 1.84. The van der Waals surface area contributed by atoms with Crippen LogP contribution in [0.5, 0.6) is 0 Å². The van der Waals surface area contributed by atoms with Crippen LogP contribution in [0.25, 0.3) is 22.2 Å². The minimum Gasteiger partial charge on any atom is -0.320 e. The molecule has 0 fully saturated rings. The zero-order valence-electron chi connectivity index (χ0n) is 14.0. The smallest absolute Gasteiger partial charge is 0.0712 e. The van der Waals surface area contributed by atoms with Crippen LogP contribution in [0, 0.1) is 0 Å². The summed E-state index contributed by atoms with van der Waals surface area (Å²) in [6, 6.07) is 19.6. The van der Waals surface area contributed by atoms with Crippen molar-refractivity contribution >= 4 is 10.9 Å². The van der Waals surface area contributed by atoms with Crippen LogP contribution in [0.15, 0.2) is 54.6 Å². The topological polar surface area (TPSA) is 24.9 Å². The van der Waals surface area contributed by atoms with Crippen LogP contribution in [0.3, 0.4) is 0 Å². The molecule has 0 radical (unpaired) electrons. The Hall–Kier alpha value is -2.19. The third kappa shape index (κ3) is 3.77. The lowest BCUT2D eigenvalue weighted by molar-refractivity contribution is 0.725. The minimum atomic E-state index is 1.04. The number of aromatic nitrogens is 1. The molecule has 0 bridgehead atoms. The van der Waals surface area contributed by atoms with Crippen LogP contribution in [0.4, 0.5) is 0 Å². The van der Waals surface area contributed by atoms with Crippen molar-refractivity contribution in [2.45, 2.75) is 26.2 Å². The van der Waals surface area contributed by atoms with Gasteiger partial charge >= 0.3 is 0 Å². The van der Waals surface area contributed by atoms with E-state index in [4.69, 9.17) is 4.98 Å². The molecule has 0 aliphatic rings. The van der Waals surface area contributed by atoms with E-state index in [0.717, 1.165) is 30.6 Å².